The predicted molar refractivity (Wildman–Crippen MR) is 72.5 cm³/mol. The molecule has 8 heteroatoms. The Bertz CT molecular complexity index is 608. The first-order valence-electron chi connectivity index (χ1n) is 6.67. The number of hydrogen-bond donors (Lipinski definition) is 3. The van der Waals surface area contributed by atoms with Crippen LogP contribution < -0.4 is 16.7 Å². The van der Waals surface area contributed by atoms with Gasteiger partial charge in [0.15, 0.2) is 0 Å². The molecular formula is C12H17N5O3. The molecule has 0 spiro atoms. The molecule has 20 heavy (non-hydrogen) atoms. The molecule has 1 amide bonds. The standard InChI is InChI=1S/C12H17N5O3/c18-10(16-14-8-4-2-1-3-5-8)7-6-9-11(19)13-12(20)17-15-9/h1-7H2,(H,16,18)(H2,13,17,19,20). The van der Waals surface area contributed by atoms with Crippen molar-refractivity contribution in [1.29, 1.82) is 0 Å². The minimum atomic E-state index is -0.660. The van der Waals surface area contributed by atoms with Crippen LogP contribution in [0.25, 0.3) is 0 Å². The molecule has 0 aliphatic heterocycles. The lowest BCUT2D eigenvalue weighted by molar-refractivity contribution is -0.121. The van der Waals surface area contributed by atoms with Crippen LogP contribution in [0.1, 0.15) is 44.2 Å². The Hall–Kier alpha value is -2.25. The molecular weight excluding hydrogens is 262 g/mol. The first-order valence-corrected chi connectivity index (χ1v) is 6.67. The minimum Gasteiger partial charge on any atom is -0.273 e. The van der Waals surface area contributed by atoms with Gasteiger partial charge < -0.3 is 0 Å². The maximum atomic E-state index is 11.6. The molecule has 1 aromatic heterocycles. The van der Waals surface area contributed by atoms with Crippen LogP contribution in [0.4, 0.5) is 0 Å². The second-order valence-electron chi connectivity index (χ2n) is 4.73. The van der Waals surface area contributed by atoms with Crippen LogP contribution in [-0.2, 0) is 11.2 Å². The summed E-state index contributed by atoms with van der Waals surface area (Å²) < 4.78 is 0. The van der Waals surface area contributed by atoms with Crippen molar-refractivity contribution in [2.45, 2.75) is 44.9 Å². The third-order valence-electron chi connectivity index (χ3n) is 3.14. The maximum absolute atomic E-state index is 11.6. The lowest BCUT2D eigenvalue weighted by Gasteiger charge is -2.11. The quantitative estimate of drug-likeness (QED) is 0.662. The largest absolute Gasteiger partial charge is 0.342 e. The van der Waals surface area contributed by atoms with Crippen LogP contribution in [0.2, 0.25) is 0 Å². The smallest absolute Gasteiger partial charge is 0.273 e. The Morgan fingerprint density at radius 3 is 2.70 bits per heavy atom. The van der Waals surface area contributed by atoms with Gasteiger partial charge in [0.05, 0.1) is 0 Å². The lowest BCUT2D eigenvalue weighted by atomic mass is 9.99. The van der Waals surface area contributed by atoms with Gasteiger partial charge in [-0.05, 0) is 25.7 Å². The lowest BCUT2D eigenvalue weighted by Crippen LogP contribution is -2.28. The van der Waals surface area contributed by atoms with E-state index in [2.05, 4.69) is 25.7 Å². The molecule has 1 saturated carbocycles. The highest BCUT2D eigenvalue weighted by molar-refractivity contribution is 5.86. The molecule has 0 saturated heterocycles. The summed E-state index contributed by atoms with van der Waals surface area (Å²) in [5.41, 5.74) is 2.41. The first kappa shape index (κ1) is 14.2. The number of hydrazone groups is 1. The SMILES string of the molecule is O=C(CCc1n[nH]c(=O)[nH]c1=O)NN=C1CCCCC1. The molecule has 8 nitrogen and oxygen atoms in total. The summed E-state index contributed by atoms with van der Waals surface area (Å²) in [6.07, 6.45) is 5.56. The zero-order valence-electron chi connectivity index (χ0n) is 11.1. The van der Waals surface area contributed by atoms with Crippen LogP contribution in [-0.4, -0.2) is 26.8 Å². The Morgan fingerprint density at radius 2 is 2.00 bits per heavy atom. The van der Waals surface area contributed by atoms with Crippen LogP contribution in [0, 0.1) is 0 Å². The highest BCUT2D eigenvalue weighted by Gasteiger charge is 2.09. The molecule has 1 heterocycles. The minimum absolute atomic E-state index is 0.0961. The summed E-state index contributed by atoms with van der Waals surface area (Å²) in [6, 6.07) is 0. The number of aromatic nitrogens is 3. The van der Waals surface area contributed by atoms with Gasteiger partial charge in [-0.1, -0.05) is 6.42 Å². The molecule has 0 atom stereocenters. The number of nitrogens with one attached hydrogen (secondary N) is 3. The second-order valence-corrected chi connectivity index (χ2v) is 4.73. The number of carbonyl (C=O) groups excluding carboxylic acids is 1. The van der Waals surface area contributed by atoms with E-state index in [1.165, 1.54) is 6.42 Å². The van der Waals surface area contributed by atoms with E-state index in [1.807, 2.05) is 0 Å². The summed E-state index contributed by atoms with van der Waals surface area (Å²) in [5.74, 6) is -0.268. The van der Waals surface area contributed by atoms with Crippen molar-refractivity contribution in [3.8, 4) is 0 Å². The summed E-state index contributed by atoms with van der Waals surface area (Å²) >= 11 is 0. The summed E-state index contributed by atoms with van der Waals surface area (Å²) in [5, 5.41) is 9.82. The van der Waals surface area contributed by atoms with Gasteiger partial charge in [-0.25, -0.2) is 15.3 Å². The molecule has 3 N–H and O–H groups in total. The van der Waals surface area contributed by atoms with E-state index in [0.29, 0.717) is 0 Å². The van der Waals surface area contributed by atoms with Crippen molar-refractivity contribution >= 4 is 11.6 Å². The van der Waals surface area contributed by atoms with Gasteiger partial charge in [0, 0.05) is 18.6 Å². The number of amides is 1. The maximum Gasteiger partial charge on any atom is 0.342 e. The molecule has 1 aliphatic carbocycles. The number of nitrogens with zero attached hydrogens (tertiary/aromatic N) is 2. The Labute approximate surface area is 114 Å². The number of H-pyrrole nitrogens is 2. The molecule has 2 rings (SSSR count). The molecule has 0 unspecified atom stereocenters. The van der Waals surface area contributed by atoms with Crippen molar-refractivity contribution < 1.29 is 4.79 Å². The van der Waals surface area contributed by atoms with Crippen molar-refractivity contribution in [2.75, 3.05) is 0 Å². The Balaban J connectivity index is 1.83. The molecule has 108 valence electrons. The molecule has 1 fully saturated rings. The zero-order valence-corrected chi connectivity index (χ0v) is 11.1. The third kappa shape index (κ3) is 4.15. The molecule has 0 radical (unpaired) electrons. The zero-order chi connectivity index (χ0) is 14.4. The predicted octanol–water partition coefficient (Wildman–Crippen LogP) is -0.173. The topological polar surface area (TPSA) is 120 Å². The van der Waals surface area contributed by atoms with Crippen LogP contribution in [0.3, 0.4) is 0 Å². The molecule has 0 aromatic carbocycles. The van der Waals surface area contributed by atoms with E-state index in [4.69, 9.17) is 0 Å². The van der Waals surface area contributed by atoms with E-state index in [0.717, 1.165) is 31.4 Å². The summed E-state index contributed by atoms with van der Waals surface area (Å²) in [4.78, 5) is 35.8. The highest BCUT2D eigenvalue weighted by Crippen LogP contribution is 2.14. The highest BCUT2D eigenvalue weighted by atomic mass is 16.2. The van der Waals surface area contributed by atoms with Crippen molar-refractivity contribution in [1.82, 2.24) is 20.6 Å². The Morgan fingerprint density at radius 1 is 1.25 bits per heavy atom. The van der Waals surface area contributed by atoms with E-state index in [-0.39, 0.29) is 24.4 Å². The third-order valence-corrected chi connectivity index (χ3v) is 3.14. The van der Waals surface area contributed by atoms with E-state index in [1.54, 1.807) is 0 Å². The fraction of sp³-hybridized carbons (Fsp3) is 0.583. The molecule has 1 aliphatic rings. The van der Waals surface area contributed by atoms with Gasteiger partial charge in [-0.3, -0.25) is 14.6 Å². The van der Waals surface area contributed by atoms with Crippen LogP contribution in [0.5, 0.6) is 0 Å². The molecule has 0 bridgehead atoms. The number of carbonyl (C=O) groups is 1. The number of hydrogen-bond acceptors (Lipinski definition) is 5. The van der Waals surface area contributed by atoms with Gasteiger partial charge in [0.25, 0.3) is 5.56 Å². The van der Waals surface area contributed by atoms with Gasteiger partial charge in [-0.2, -0.15) is 10.2 Å². The van der Waals surface area contributed by atoms with Crippen LogP contribution in [0.15, 0.2) is 14.7 Å². The first-order chi connectivity index (χ1) is 9.65. The van der Waals surface area contributed by atoms with E-state index in [9.17, 15) is 14.4 Å². The fourth-order valence-electron chi connectivity index (χ4n) is 2.04. The monoisotopic (exact) mass is 279 g/mol. The van der Waals surface area contributed by atoms with Gasteiger partial charge in [0.2, 0.25) is 5.91 Å². The number of rotatable bonds is 4. The number of aryl methyl sites for hydroxylation is 1. The normalized spacial score (nSPS) is 14.9. The molecule has 1 aromatic rings. The van der Waals surface area contributed by atoms with Crippen LogP contribution >= 0.6 is 0 Å². The van der Waals surface area contributed by atoms with Crippen molar-refractivity contribution in [2.24, 2.45) is 5.10 Å². The summed E-state index contributed by atoms with van der Waals surface area (Å²) in [7, 11) is 0. The average molecular weight is 279 g/mol. The number of aromatic amines is 2. The summed E-state index contributed by atoms with van der Waals surface area (Å²) in [6.45, 7) is 0. The Kier molecular flexibility index (Phi) is 4.80. The van der Waals surface area contributed by atoms with Crippen molar-refractivity contribution in [3.05, 3.63) is 26.5 Å². The van der Waals surface area contributed by atoms with Gasteiger partial charge in [0.1, 0.15) is 5.69 Å². The second kappa shape index (κ2) is 6.78. The average Bonchev–Trinajstić information content (AvgIpc) is 2.45. The van der Waals surface area contributed by atoms with Crippen molar-refractivity contribution in [3.63, 3.8) is 0 Å². The fourth-order valence-corrected chi connectivity index (χ4v) is 2.04. The van der Waals surface area contributed by atoms with E-state index >= 15 is 0 Å². The van der Waals surface area contributed by atoms with Gasteiger partial charge in [-0.15, -0.1) is 0 Å². The van der Waals surface area contributed by atoms with E-state index < -0.39 is 11.2 Å². The van der Waals surface area contributed by atoms with Gasteiger partial charge >= 0.3 is 5.69 Å².